The van der Waals surface area contributed by atoms with Gasteiger partial charge >= 0.3 is 0 Å². The highest BCUT2D eigenvalue weighted by Crippen LogP contribution is 2.25. The number of benzene rings is 1. The monoisotopic (exact) mass is 325 g/mol. The number of thiazole rings is 1. The zero-order valence-corrected chi connectivity index (χ0v) is 12.2. The first kappa shape index (κ1) is 15.1. The molecule has 21 heavy (non-hydrogen) atoms. The summed E-state index contributed by atoms with van der Waals surface area (Å²) in [6.45, 7) is 1.36. The van der Waals surface area contributed by atoms with Gasteiger partial charge in [-0.2, -0.15) is 0 Å². The Labute approximate surface area is 127 Å². The third kappa shape index (κ3) is 3.41. The number of ketones is 1. The number of hydrogen-bond acceptors (Lipinski definition) is 6. The topological polar surface area (TPSA) is 102 Å². The molecule has 1 heterocycles. The molecule has 0 saturated carbocycles. The summed E-state index contributed by atoms with van der Waals surface area (Å²) >= 11 is 6.76. The largest absolute Gasteiger partial charge is 0.298 e. The predicted octanol–water partition coefficient (Wildman–Crippen LogP) is 3.16. The number of hydrogen-bond donors (Lipinski definition) is 1. The lowest BCUT2D eigenvalue weighted by Gasteiger charge is -2.02. The normalized spacial score (nSPS) is 10.2. The number of nitro groups is 1. The molecule has 7 nitrogen and oxygen atoms in total. The van der Waals surface area contributed by atoms with Gasteiger partial charge in [0.2, 0.25) is 0 Å². The van der Waals surface area contributed by atoms with E-state index in [1.165, 1.54) is 24.4 Å². The minimum absolute atomic E-state index is 0.0512. The molecule has 1 amide bonds. The first-order valence-electron chi connectivity index (χ1n) is 5.60. The molecule has 1 N–H and O–H groups in total. The lowest BCUT2D eigenvalue weighted by atomic mass is 10.2. The number of carbonyl (C=O) groups excluding carboxylic acids is 2. The summed E-state index contributed by atoms with van der Waals surface area (Å²) in [7, 11) is 0. The molecule has 0 spiro atoms. The van der Waals surface area contributed by atoms with Crippen molar-refractivity contribution in [2.75, 3.05) is 5.32 Å². The van der Waals surface area contributed by atoms with Gasteiger partial charge in [-0.1, -0.05) is 11.6 Å². The summed E-state index contributed by atoms with van der Waals surface area (Å²) < 4.78 is 0. The minimum Gasteiger partial charge on any atom is -0.298 e. The van der Waals surface area contributed by atoms with E-state index in [1.54, 1.807) is 0 Å². The number of Topliss-reactive ketones (excluding diaryl/α,β-unsaturated/α-hetero) is 1. The molecule has 2 aromatic rings. The van der Waals surface area contributed by atoms with Crippen molar-refractivity contribution in [3.63, 3.8) is 0 Å². The number of aromatic nitrogens is 1. The zero-order valence-electron chi connectivity index (χ0n) is 10.6. The third-order valence-corrected chi connectivity index (χ3v) is 3.57. The van der Waals surface area contributed by atoms with Crippen LogP contribution in [0, 0.1) is 10.1 Å². The molecule has 0 aliphatic heterocycles. The summed E-state index contributed by atoms with van der Waals surface area (Å²) in [5.74, 6) is -0.784. The van der Waals surface area contributed by atoms with Gasteiger partial charge in [-0.25, -0.2) is 4.98 Å². The first-order chi connectivity index (χ1) is 9.88. The average molecular weight is 326 g/mol. The third-order valence-electron chi connectivity index (χ3n) is 2.49. The lowest BCUT2D eigenvalue weighted by Crippen LogP contribution is -2.12. The van der Waals surface area contributed by atoms with Gasteiger partial charge in [-0.05, 0) is 12.1 Å². The van der Waals surface area contributed by atoms with Gasteiger partial charge in [-0.15, -0.1) is 11.3 Å². The Morgan fingerprint density at radius 2 is 2.14 bits per heavy atom. The maximum absolute atomic E-state index is 12.0. The fourth-order valence-corrected chi connectivity index (χ4v) is 2.39. The molecule has 0 aliphatic carbocycles. The number of carbonyl (C=O) groups is 2. The van der Waals surface area contributed by atoms with Crippen LogP contribution < -0.4 is 5.32 Å². The van der Waals surface area contributed by atoms with E-state index < -0.39 is 10.8 Å². The van der Waals surface area contributed by atoms with Crippen molar-refractivity contribution in [2.45, 2.75) is 6.92 Å². The Balaban J connectivity index is 2.22. The second-order valence-corrected chi connectivity index (χ2v) is 5.24. The highest BCUT2D eigenvalue weighted by Gasteiger charge is 2.17. The van der Waals surface area contributed by atoms with Crippen LogP contribution in [0.5, 0.6) is 0 Å². The lowest BCUT2D eigenvalue weighted by molar-refractivity contribution is -0.384. The maximum atomic E-state index is 12.0. The second-order valence-electron chi connectivity index (χ2n) is 3.97. The van der Waals surface area contributed by atoms with Gasteiger partial charge in [-0.3, -0.25) is 25.0 Å². The van der Waals surface area contributed by atoms with Crippen molar-refractivity contribution >= 4 is 45.4 Å². The van der Waals surface area contributed by atoms with E-state index in [0.29, 0.717) is 0 Å². The Kier molecular flexibility index (Phi) is 4.29. The van der Waals surface area contributed by atoms with Crippen LogP contribution in [0.4, 0.5) is 10.8 Å². The molecule has 0 bridgehead atoms. The molecule has 0 unspecified atom stereocenters. The smallest absolute Gasteiger partial charge is 0.288 e. The molecule has 9 heteroatoms. The van der Waals surface area contributed by atoms with Crippen molar-refractivity contribution < 1.29 is 14.5 Å². The Morgan fingerprint density at radius 3 is 2.71 bits per heavy atom. The fraction of sp³-hybridized carbons (Fsp3) is 0.0833. The number of nitro benzene ring substituents is 1. The minimum atomic E-state index is -0.670. The molecule has 0 fully saturated rings. The van der Waals surface area contributed by atoms with Crippen LogP contribution >= 0.6 is 22.9 Å². The number of nitrogens with one attached hydrogen (secondary N) is 1. The number of nitrogens with zero attached hydrogens (tertiary/aromatic N) is 2. The number of rotatable bonds is 4. The second kappa shape index (κ2) is 5.98. The molecule has 1 aromatic carbocycles. The molecular weight excluding hydrogens is 318 g/mol. The molecule has 0 aliphatic rings. The maximum Gasteiger partial charge on any atom is 0.288 e. The van der Waals surface area contributed by atoms with Crippen LogP contribution in [0.3, 0.4) is 0 Å². The van der Waals surface area contributed by atoms with Crippen LogP contribution in [0.2, 0.25) is 5.02 Å². The van der Waals surface area contributed by atoms with Gasteiger partial charge in [0.05, 0.1) is 4.92 Å². The summed E-state index contributed by atoms with van der Waals surface area (Å²) in [5.41, 5.74) is -0.0315. The van der Waals surface area contributed by atoms with E-state index in [1.807, 2.05) is 0 Å². The van der Waals surface area contributed by atoms with Gasteiger partial charge in [0.15, 0.2) is 10.9 Å². The zero-order chi connectivity index (χ0) is 15.6. The van der Waals surface area contributed by atoms with Gasteiger partial charge in [0.25, 0.3) is 11.6 Å². The van der Waals surface area contributed by atoms with Crippen LogP contribution in [-0.4, -0.2) is 21.6 Å². The SMILES string of the molecule is CC(=O)c1csc(NC(=O)c2ccc(Cl)c([N+](=O)[O-])c2)n1. The Morgan fingerprint density at radius 1 is 1.43 bits per heavy atom. The quantitative estimate of drug-likeness (QED) is 0.528. The molecule has 0 atom stereocenters. The van der Waals surface area contributed by atoms with E-state index in [4.69, 9.17) is 11.6 Å². The van der Waals surface area contributed by atoms with Gasteiger partial charge in [0.1, 0.15) is 10.7 Å². The van der Waals surface area contributed by atoms with Crippen LogP contribution in [0.25, 0.3) is 0 Å². The van der Waals surface area contributed by atoms with Crippen LogP contribution in [0.15, 0.2) is 23.6 Å². The van der Waals surface area contributed by atoms with E-state index >= 15 is 0 Å². The van der Waals surface area contributed by atoms with E-state index in [2.05, 4.69) is 10.3 Å². The van der Waals surface area contributed by atoms with Gasteiger partial charge < -0.3 is 0 Å². The number of anilines is 1. The Hall–Kier alpha value is -2.32. The van der Waals surface area contributed by atoms with Crippen LogP contribution in [-0.2, 0) is 0 Å². The van der Waals surface area contributed by atoms with Gasteiger partial charge in [0, 0.05) is 23.9 Å². The fourth-order valence-electron chi connectivity index (χ4n) is 1.46. The molecule has 0 saturated heterocycles. The molecule has 108 valence electrons. The van der Waals surface area contributed by atoms with Crippen molar-refractivity contribution in [1.82, 2.24) is 4.98 Å². The average Bonchev–Trinajstić information content (AvgIpc) is 2.87. The summed E-state index contributed by atoms with van der Waals surface area (Å²) in [6.07, 6.45) is 0. The molecule has 2 rings (SSSR count). The van der Waals surface area contributed by atoms with Crippen molar-refractivity contribution in [3.8, 4) is 0 Å². The Bertz CT molecular complexity index is 744. The highest BCUT2D eigenvalue weighted by molar-refractivity contribution is 7.14. The van der Waals surface area contributed by atoms with Crippen molar-refractivity contribution in [1.29, 1.82) is 0 Å². The summed E-state index contributed by atoms with van der Waals surface area (Å²) in [5, 5.41) is 14.9. The van der Waals surface area contributed by atoms with E-state index in [-0.39, 0.29) is 32.9 Å². The van der Waals surface area contributed by atoms with E-state index in [9.17, 15) is 19.7 Å². The number of halogens is 1. The van der Waals surface area contributed by atoms with E-state index in [0.717, 1.165) is 17.4 Å². The molecular formula is C12H8ClN3O4S. The molecule has 1 aromatic heterocycles. The first-order valence-corrected chi connectivity index (χ1v) is 6.86. The molecule has 0 radical (unpaired) electrons. The standard InChI is InChI=1S/C12H8ClN3O4S/c1-6(17)9-5-21-12(14-9)15-11(18)7-2-3-8(13)10(4-7)16(19)20/h2-5H,1H3,(H,14,15,18). The predicted molar refractivity (Wildman–Crippen MR) is 78.2 cm³/mol. The van der Waals surface area contributed by atoms with Crippen molar-refractivity contribution in [2.24, 2.45) is 0 Å². The highest BCUT2D eigenvalue weighted by atomic mass is 35.5. The van der Waals surface area contributed by atoms with Crippen molar-refractivity contribution in [3.05, 3.63) is 50.0 Å². The summed E-state index contributed by atoms with van der Waals surface area (Å²) in [6, 6.07) is 3.72. The summed E-state index contributed by atoms with van der Waals surface area (Å²) in [4.78, 5) is 37.1. The van der Waals surface area contributed by atoms with Crippen LogP contribution in [0.1, 0.15) is 27.8 Å². The number of amides is 1.